The molecule has 0 aliphatic carbocycles. The predicted octanol–water partition coefficient (Wildman–Crippen LogP) is -1.46. The highest BCUT2D eigenvalue weighted by molar-refractivity contribution is 5.75. The average molecular weight is 136 g/mol. The maximum absolute atomic E-state index is 8.36. The molecule has 0 saturated carbocycles. The van der Waals surface area contributed by atoms with E-state index in [9.17, 15) is 0 Å². The van der Waals surface area contributed by atoms with Gasteiger partial charge in [0, 0.05) is 7.05 Å². The van der Waals surface area contributed by atoms with Gasteiger partial charge in [-0.25, -0.2) is 0 Å². The van der Waals surface area contributed by atoms with Crippen LogP contribution in [0.5, 0.6) is 0 Å². The van der Waals surface area contributed by atoms with Crippen molar-refractivity contribution in [3.8, 4) is 0 Å². The quantitative estimate of drug-likeness (QED) is 0.162. The van der Waals surface area contributed by atoms with Gasteiger partial charge in [0.05, 0.1) is 0 Å². The van der Waals surface area contributed by atoms with Crippen LogP contribution in [0.15, 0.2) is 4.99 Å². The van der Waals surface area contributed by atoms with E-state index in [1.807, 2.05) is 0 Å². The average Bonchev–Trinajstić information content (AvgIpc) is 1.65. The van der Waals surface area contributed by atoms with Crippen LogP contribution in [0.3, 0.4) is 0 Å². The molecule has 0 radical (unpaired) electrons. The number of hydrogen-bond donors (Lipinski definition) is 3. The summed E-state index contributed by atoms with van der Waals surface area (Å²) in [5.74, 6) is 0.130. The molecule has 0 aromatic rings. The molecule has 0 rings (SSSR count). The molecule has 0 heterocycles. The number of aliphatic imine (C=N–C) groups is 1. The Labute approximate surface area is 51.1 Å². The van der Waals surface area contributed by atoms with Crippen molar-refractivity contribution < 1.29 is 10.3 Å². The Morgan fingerprint density at radius 1 is 1.78 bits per heavy atom. The van der Waals surface area contributed by atoms with Gasteiger partial charge >= 0.3 is 0 Å². The van der Waals surface area contributed by atoms with Crippen molar-refractivity contribution in [1.29, 1.82) is 0 Å². The van der Waals surface area contributed by atoms with E-state index in [4.69, 9.17) is 26.8 Å². The van der Waals surface area contributed by atoms with Gasteiger partial charge in [-0.15, -0.1) is 10.1 Å². The van der Waals surface area contributed by atoms with Gasteiger partial charge in [-0.3, -0.25) is 4.99 Å². The maximum atomic E-state index is 8.36. The van der Waals surface area contributed by atoms with Gasteiger partial charge in [0.1, 0.15) is 0 Å². The lowest BCUT2D eigenvalue weighted by molar-refractivity contribution is -0.742. The smallest absolute Gasteiger partial charge is 0.291 e. The van der Waals surface area contributed by atoms with Gasteiger partial charge in [0.25, 0.3) is 5.09 Å². The van der Waals surface area contributed by atoms with Gasteiger partial charge in [-0.1, -0.05) is 0 Å². The van der Waals surface area contributed by atoms with Gasteiger partial charge in [0.2, 0.25) is 0 Å². The molecule has 0 amide bonds. The van der Waals surface area contributed by atoms with Gasteiger partial charge in [0.15, 0.2) is 5.96 Å². The van der Waals surface area contributed by atoms with Gasteiger partial charge in [-0.2, -0.15) is 0 Å². The van der Waals surface area contributed by atoms with Crippen LogP contribution in [-0.2, 0) is 0 Å². The third kappa shape index (κ3) is 585. The fourth-order valence-electron chi connectivity index (χ4n) is 0. The van der Waals surface area contributed by atoms with Gasteiger partial charge < -0.3 is 16.7 Å². The van der Waals surface area contributed by atoms with E-state index >= 15 is 0 Å². The lowest BCUT2D eigenvalue weighted by atomic mass is 11.1. The van der Waals surface area contributed by atoms with E-state index in [-0.39, 0.29) is 5.96 Å². The lowest BCUT2D eigenvalue weighted by Gasteiger charge is -1.77. The fourth-order valence-corrected chi connectivity index (χ4v) is 0. The predicted molar refractivity (Wildman–Crippen MR) is 30.5 cm³/mol. The maximum Gasteiger partial charge on any atom is 0.291 e. The van der Waals surface area contributed by atoms with E-state index in [0.717, 1.165) is 0 Å². The summed E-state index contributed by atoms with van der Waals surface area (Å²) >= 11 is 0. The largest absolute Gasteiger partial charge is 0.370 e. The highest BCUT2D eigenvalue weighted by atomic mass is 16.9. The molecule has 0 aromatic heterocycles. The van der Waals surface area contributed by atoms with Gasteiger partial charge in [-0.05, 0) is 0 Å². The Morgan fingerprint density at radius 3 is 1.89 bits per heavy atom. The minimum atomic E-state index is -1.50. The second-order valence-electron chi connectivity index (χ2n) is 0.886. The molecule has 54 valence electrons. The van der Waals surface area contributed by atoms with Crippen molar-refractivity contribution in [1.82, 2.24) is 0 Å². The Kier molecular flexibility index (Phi) is 7.51. The Hall–Kier alpha value is -1.53. The standard InChI is InChI=1S/C2H7N3.HNO3/c1-5-2(3)4;2-1(3)4/h1H3,(H4,3,4,5);(H,2,3,4). The summed E-state index contributed by atoms with van der Waals surface area (Å²) in [6.07, 6.45) is 0. The number of nitrogens with two attached hydrogens (primary N) is 2. The van der Waals surface area contributed by atoms with E-state index in [2.05, 4.69) is 4.99 Å². The monoisotopic (exact) mass is 136 g/mol. The summed E-state index contributed by atoms with van der Waals surface area (Å²) < 4.78 is 0. The topological polar surface area (TPSA) is 128 Å². The highest BCUT2D eigenvalue weighted by Crippen LogP contribution is 1.40. The van der Waals surface area contributed by atoms with E-state index in [0.29, 0.717) is 0 Å². The fraction of sp³-hybridized carbons (Fsp3) is 0.500. The summed E-state index contributed by atoms with van der Waals surface area (Å²) in [5.41, 5.74) is 9.64. The zero-order valence-corrected chi connectivity index (χ0v) is 4.81. The molecular weight excluding hydrogens is 128 g/mol. The van der Waals surface area contributed by atoms with Crippen molar-refractivity contribution in [3.05, 3.63) is 10.1 Å². The van der Waals surface area contributed by atoms with Crippen LogP contribution in [0, 0.1) is 10.1 Å². The molecule has 0 saturated heterocycles. The molecule has 9 heavy (non-hydrogen) atoms. The van der Waals surface area contributed by atoms with Crippen LogP contribution >= 0.6 is 0 Å². The normalized spacial score (nSPS) is 6.33. The van der Waals surface area contributed by atoms with Crippen LogP contribution in [0.1, 0.15) is 0 Å². The van der Waals surface area contributed by atoms with E-state index in [1.165, 1.54) is 7.05 Å². The molecule has 0 spiro atoms. The van der Waals surface area contributed by atoms with Crippen molar-refractivity contribution in [2.45, 2.75) is 0 Å². The first-order valence-corrected chi connectivity index (χ1v) is 1.81. The molecule has 0 bridgehead atoms. The molecule has 0 aliphatic heterocycles. The number of nitrogens with zero attached hydrogens (tertiary/aromatic N) is 2. The molecule has 0 unspecified atom stereocenters. The molecule has 0 atom stereocenters. The van der Waals surface area contributed by atoms with Crippen molar-refractivity contribution in [3.63, 3.8) is 0 Å². The molecule has 7 heteroatoms. The van der Waals surface area contributed by atoms with Crippen molar-refractivity contribution in [2.24, 2.45) is 16.5 Å². The zero-order chi connectivity index (χ0) is 7.86. The van der Waals surface area contributed by atoms with Crippen LogP contribution < -0.4 is 11.5 Å². The van der Waals surface area contributed by atoms with Crippen molar-refractivity contribution >= 4 is 5.96 Å². The summed E-state index contributed by atoms with van der Waals surface area (Å²) in [6.45, 7) is 0. The summed E-state index contributed by atoms with van der Waals surface area (Å²) in [7, 11) is 1.54. The van der Waals surface area contributed by atoms with Crippen molar-refractivity contribution in [2.75, 3.05) is 7.05 Å². The molecule has 5 N–H and O–H groups in total. The molecule has 0 aromatic carbocycles. The number of hydrogen-bond acceptors (Lipinski definition) is 3. The molecule has 0 fully saturated rings. The summed E-state index contributed by atoms with van der Waals surface area (Å²) in [6, 6.07) is 0. The first-order valence-electron chi connectivity index (χ1n) is 1.81. The first kappa shape index (κ1) is 10.5. The van der Waals surface area contributed by atoms with E-state index in [1.54, 1.807) is 0 Å². The SMILES string of the molecule is CN=C(N)N.O=[N+]([O-])O. The Bertz CT molecular complexity index is 102. The Morgan fingerprint density at radius 2 is 1.89 bits per heavy atom. The number of guanidine groups is 1. The first-order chi connectivity index (χ1) is 4.00. The highest BCUT2D eigenvalue weighted by Gasteiger charge is 1.65. The van der Waals surface area contributed by atoms with Crippen LogP contribution in [0.4, 0.5) is 0 Å². The number of rotatable bonds is 0. The third-order valence-corrected chi connectivity index (χ3v) is 0.258. The minimum Gasteiger partial charge on any atom is -0.370 e. The third-order valence-electron chi connectivity index (χ3n) is 0.258. The molecule has 0 aliphatic rings. The lowest BCUT2D eigenvalue weighted by Crippen LogP contribution is -2.21. The van der Waals surface area contributed by atoms with Crippen LogP contribution in [0.25, 0.3) is 0 Å². The molecule has 7 nitrogen and oxygen atoms in total. The Balaban J connectivity index is 0. The summed E-state index contributed by atoms with van der Waals surface area (Å²) in [5, 5.41) is 13.6. The van der Waals surface area contributed by atoms with Crippen LogP contribution in [-0.4, -0.2) is 23.3 Å². The molecular formula is C2H8N4O3. The van der Waals surface area contributed by atoms with Crippen LogP contribution in [0.2, 0.25) is 0 Å². The minimum absolute atomic E-state index is 0.130. The summed E-state index contributed by atoms with van der Waals surface area (Å²) in [4.78, 5) is 11.7. The second-order valence-corrected chi connectivity index (χ2v) is 0.886. The zero-order valence-electron chi connectivity index (χ0n) is 4.81. The second kappa shape index (κ2) is 6.47. The van der Waals surface area contributed by atoms with E-state index < -0.39 is 5.09 Å².